The summed E-state index contributed by atoms with van der Waals surface area (Å²) in [5.41, 5.74) is -0.283. The number of piperidine rings is 1. The second-order valence-corrected chi connectivity index (χ2v) is 11.8. The molecule has 1 aromatic carbocycles. The number of aromatic nitrogens is 3. The van der Waals surface area contributed by atoms with Crippen LogP contribution in [0.3, 0.4) is 0 Å². The van der Waals surface area contributed by atoms with Crippen LogP contribution in [0.15, 0.2) is 30.6 Å². The Kier molecular flexibility index (Phi) is 9.65. The standard InChI is InChI=1S/C29H33F3N6O5S/c1-42-16-19-4-3-9-38(19)15-23-25(18-5-6-22(43-2)20(12-18)29(30,31)32)35-28(44-23)36-26(39)21-13-34-24(14-33-21)37-10-7-17(8-11-37)27(40)41/h5-6,12-14,17,19H,3-4,7-11,15-16H2,1-2H3,(H,40,41)(H,35,36,39)/t19-/m0/s1. The predicted octanol–water partition coefficient (Wildman–Crippen LogP) is 4.79. The Morgan fingerprint density at radius 1 is 1.11 bits per heavy atom. The number of carboxylic acids is 1. The quantitative estimate of drug-likeness (QED) is 0.321. The van der Waals surface area contributed by atoms with Crippen molar-refractivity contribution in [3.63, 3.8) is 0 Å². The van der Waals surface area contributed by atoms with Gasteiger partial charge in [0.15, 0.2) is 5.13 Å². The van der Waals surface area contributed by atoms with Crippen LogP contribution in [0, 0.1) is 5.92 Å². The molecular weight excluding hydrogens is 601 g/mol. The van der Waals surface area contributed by atoms with Crippen molar-refractivity contribution in [2.24, 2.45) is 5.92 Å². The van der Waals surface area contributed by atoms with E-state index in [1.807, 2.05) is 4.90 Å². The lowest BCUT2D eigenvalue weighted by atomic mass is 9.97. The van der Waals surface area contributed by atoms with Crippen molar-refractivity contribution in [3.05, 3.63) is 46.7 Å². The van der Waals surface area contributed by atoms with E-state index < -0.39 is 23.6 Å². The minimum atomic E-state index is -4.63. The molecule has 0 saturated carbocycles. The predicted molar refractivity (Wildman–Crippen MR) is 157 cm³/mol. The Labute approximate surface area is 256 Å². The van der Waals surface area contributed by atoms with E-state index >= 15 is 0 Å². The summed E-state index contributed by atoms with van der Waals surface area (Å²) in [5.74, 6) is -1.50. The van der Waals surface area contributed by atoms with Crippen LogP contribution in [0.5, 0.6) is 5.75 Å². The molecule has 0 unspecified atom stereocenters. The van der Waals surface area contributed by atoms with Gasteiger partial charge in [-0.05, 0) is 50.4 Å². The maximum Gasteiger partial charge on any atom is 0.419 e. The number of likely N-dealkylation sites (tertiary alicyclic amines) is 1. The molecule has 4 heterocycles. The number of rotatable bonds is 10. The van der Waals surface area contributed by atoms with Crippen molar-refractivity contribution in [3.8, 4) is 17.0 Å². The first kappa shape index (κ1) is 31.6. The molecule has 2 aliphatic heterocycles. The van der Waals surface area contributed by atoms with Crippen LogP contribution in [0.2, 0.25) is 0 Å². The van der Waals surface area contributed by atoms with Crippen LogP contribution in [-0.2, 0) is 22.3 Å². The third kappa shape index (κ3) is 7.11. The highest BCUT2D eigenvalue weighted by molar-refractivity contribution is 7.16. The molecule has 15 heteroatoms. The molecule has 3 aromatic rings. The number of amides is 1. The fourth-order valence-electron chi connectivity index (χ4n) is 5.60. The highest BCUT2D eigenvalue weighted by atomic mass is 32.1. The Morgan fingerprint density at radius 3 is 2.52 bits per heavy atom. The van der Waals surface area contributed by atoms with Crippen LogP contribution in [0.1, 0.15) is 46.6 Å². The van der Waals surface area contributed by atoms with E-state index in [9.17, 15) is 27.9 Å². The number of anilines is 2. The molecule has 0 aliphatic carbocycles. The summed E-state index contributed by atoms with van der Waals surface area (Å²) in [6.07, 6.45) is 1.07. The van der Waals surface area contributed by atoms with E-state index in [4.69, 9.17) is 9.47 Å². The lowest BCUT2D eigenvalue weighted by molar-refractivity contribution is -0.142. The molecule has 0 radical (unpaired) electrons. The number of carbonyl (C=O) groups is 2. The number of hydrogen-bond acceptors (Lipinski definition) is 10. The molecule has 2 N–H and O–H groups in total. The average molecular weight is 635 g/mol. The monoisotopic (exact) mass is 634 g/mol. The highest BCUT2D eigenvalue weighted by Gasteiger charge is 2.35. The first-order chi connectivity index (χ1) is 21.1. The number of benzene rings is 1. The molecule has 1 atom stereocenters. The fourth-order valence-corrected chi connectivity index (χ4v) is 6.61. The number of hydrogen-bond donors (Lipinski definition) is 2. The summed E-state index contributed by atoms with van der Waals surface area (Å²) in [4.78, 5) is 42.3. The minimum Gasteiger partial charge on any atom is -0.496 e. The number of carboxylic acid groups (broad SMARTS) is 1. The summed E-state index contributed by atoms with van der Waals surface area (Å²) >= 11 is 1.19. The van der Waals surface area contributed by atoms with Crippen molar-refractivity contribution in [1.29, 1.82) is 0 Å². The maximum atomic E-state index is 13.8. The van der Waals surface area contributed by atoms with Crippen molar-refractivity contribution >= 4 is 34.2 Å². The summed E-state index contributed by atoms with van der Waals surface area (Å²) in [7, 11) is 2.82. The second-order valence-electron chi connectivity index (χ2n) is 10.7. The average Bonchev–Trinajstić information content (AvgIpc) is 3.63. The number of nitrogens with zero attached hydrogens (tertiary/aromatic N) is 5. The third-order valence-corrected chi connectivity index (χ3v) is 8.90. The fraction of sp³-hybridized carbons (Fsp3) is 0.483. The van der Waals surface area contributed by atoms with Gasteiger partial charge in [-0.25, -0.2) is 15.0 Å². The van der Waals surface area contributed by atoms with Crippen LogP contribution < -0.4 is 15.0 Å². The van der Waals surface area contributed by atoms with Crippen molar-refractivity contribution in [1.82, 2.24) is 19.9 Å². The molecular formula is C29H33F3N6O5S. The number of methoxy groups -OCH3 is 2. The lowest BCUT2D eigenvalue weighted by Crippen LogP contribution is -2.36. The zero-order chi connectivity index (χ0) is 31.4. The van der Waals surface area contributed by atoms with E-state index in [-0.39, 0.29) is 34.1 Å². The van der Waals surface area contributed by atoms with Crippen LogP contribution in [0.25, 0.3) is 11.3 Å². The Hall–Kier alpha value is -3.82. The summed E-state index contributed by atoms with van der Waals surface area (Å²) in [6, 6.07) is 3.98. The van der Waals surface area contributed by atoms with Gasteiger partial charge in [0, 0.05) is 43.2 Å². The molecule has 2 aromatic heterocycles. The highest BCUT2D eigenvalue weighted by Crippen LogP contribution is 2.41. The first-order valence-corrected chi connectivity index (χ1v) is 15.0. The summed E-state index contributed by atoms with van der Waals surface area (Å²) < 4.78 is 51.8. The van der Waals surface area contributed by atoms with Gasteiger partial charge in [0.2, 0.25) is 0 Å². The second kappa shape index (κ2) is 13.4. The summed E-state index contributed by atoms with van der Waals surface area (Å²) in [6.45, 7) is 2.80. The number of carbonyl (C=O) groups excluding carboxylic acids is 1. The molecule has 2 fully saturated rings. The van der Waals surface area contributed by atoms with Gasteiger partial charge in [0.05, 0.1) is 43.3 Å². The van der Waals surface area contributed by atoms with E-state index in [0.717, 1.165) is 25.5 Å². The van der Waals surface area contributed by atoms with Gasteiger partial charge in [0.25, 0.3) is 5.91 Å². The lowest BCUT2D eigenvalue weighted by Gasteiger charge is -2.30. The molecule has 2 saturated heterocycles. The zero-order valence-corrected chi connectivity index (χ0v) is 25.1. The zero-order valence-electron chi connectivity index (χ0n) is 24.3. The van der Waals surface area contributed by atoms with Crippen molar-refractivity contribution < 1.29 is 37.3 Å². The largest absolute Gasteiger partial charge is 0.496 e. The van der Waals surface area contributed by atoms with Gasteiger partial charge in [-0.15, -0.1) is 0 Å². The van der Waals surface area contributed by atoms with Crippen LogP contribution >= 0.6 is 11.3 Å². The SMILES string of the molecule is COC[C@@H]1CCCN1Cc1sc(NC(=O)c2cnc(N3CCC(C(=O)O)CC3)cn2)nc1-c1ccc(OC)c(C(F)(F)F)c1. The van der Waals surface area contributed by atoms with Gasteiger partial charge in [0.1, 0.15) is 17.3 Å². The van der Waals surface area contributed by atoms with E-state index in [2.05, 4.69) is 25.2 Å². The van der Waals surface area contributed by atoms with Gasteiger partial charge < -0.3 is 19.5 Å². The Morgan fingerprint density at radius 2 is 1.89 bits per heavy atom. The molecule has 2 aliphatic rings. The van der Waals surface area contributed by atoms with Gasteiger partial charge in [-0.2, -0.15) is 13.2 Å². The van der Waals surface area contributed by atoms with Gasteiger partial charge in [-0.1, -0.05) is 11.3 Å². The van der Waals surface area contributed by atoms with Crippen molar-refractivity contribution in [2.75, 3.05) is 50.7 Å². The number of halogens is 3. The number of alkyl halides is 3. The smallest absolute Gasteiger partial charge is 0.419 e. The number of ether oxygens (including phenoxy) is 2. The van der Waals surface area contributed by atoms with Gasteiger partial charge >= 0.3 is 12.1 Å². The first-order valence-electron chi connectivity index (χ1n) is 14.2. The van der Waals surface area contributed by atoms with Crippen molar-refractivity contribution in [2.45, 2.75) is 44.4 Å². The molecule has 0 bridgehead atoms. The molecule has 1 amide bonds. The molecule has 236 valence electrons. The van der Waals surface area contributed by atoms with E-state index in [0.29, 0.717) is 55.5 Å². The summed E-state index contributed by atoms with van der Waals surface area (Å²) in [5, 5.41) is 12.2. The number of aliphatic carboxylic acids is 1. The van der Waals surface area contributed by atoms with Gasteiger partial charge in [-0.3, -0.25) is 19.8 Å². The van der Waals surface area contributed by atoms with Crippen LogP contribution in [0.4, 0.5) is 24.1 Å². The number of thiazole rings is 1. The molecule has 11 nitrogen and oxygen atoms in total. The van der Waals surface area contributed by atoms with E-state index in [1.54, 1.807) is 7.11 Å². The van der Waals surface area contributed by atoms with Crippen LogP contribution in [-0.4, -0.2) is 83.3 Å². The molecule has 44 heavy (non-hydrogen) atoms. The third-order valence-electron chi connectivity index (χ3n) is 7.94. The Balaban J connectivity index is 1.38. The topological polar surface area (TPSA) is 130 Å². The normalized spacial score (nSPS) is 18.0. The molecule has 0 spiro atoms. The van der Waals surface area contributed by atoms with E-state index in [1.165, 1.54) is 43.0 Å². The molecule has 5 rings (SSSR count). The number of nitrogens with one attached hydrogen (secondary N) is 1. The maximum absolute atomic E-state index is 13.8. The Bertz CT molecular complexity index is 1480. The minimum absolute atomic E-state index is 0.0379.